The van der Waals surface area contributed by atoms with E-state index < -0.39 is 0 Å². The Balaban J connectivity index is 2.46. The van der Waals surface area contributed by atoms with Gasteiger partial charge in [0.05, 0.1) is 19.1 Å². The van der Waals surface area contributed by atoms with Crippen LogP contribution in [0.25, 0.3) is 0 Å². The molecule has 1 atom stereocenters. The molecule has 0 spiro atoms. The van der Waals surface area contributed by atoms with E-state index in [0.29, 0.717) is 19.4 Å². The Morgan fingerprint density at radius 3 is 2.61 bits per heavy atom. The van der Waals surface area contributed by atoms with Crippen molar-refractivity contribution in [2.24, 2.45) is 0 Å². The molecule has 1 rings (SSSR count). The summed E-state index contributed by atoms with van der Waals surface area (Å²) in [6.07, 6.45) is 0.861. The number of rotatable bonds is 7. The number of hydrogen-bond donors (Lipinski definition) is 2. The predicted molar refractivity (Wildman–Crippen MR) is 70.4 cm³/mol. The highest BCUT2D eigenvalue weighted by Crippen LogP contribution is 2.04. The Morgan fingerprint density at radius 2 is 2.06 bits per heavy atom. The standard InChI is InChI=1S/C14H21NO3/c1-11-3-5-12(6-4-11)9-14(17)15-13(7-8-16)10-18-2/h3-6,13,16H,7-10H2,1-2H3,(H,15,17). The lowest BCUT2D eigenvalue weighted by Crippen LogP contribution is -2.39. The first-order valence-electron chi connectivity index (χ1n) is 6.10. The van der Waals surface area contributed by atoms with Crippen molar-refractivity contribution in [2.45, 2.75) is 25.8 Å². The van der Waals surface area contributed by atoms with Crippen LogP contribution in [0.3, 0.4) is 0 Å². The summed E-state index contributed by atoms with van der Waals surface area (Å²) < 4.78 is 5.00. The number of aryl methyl sites for hydroxylation is 1. The van der Waals surface area contributed by atoms with Crippen LogP contribution in [0, 0.1) is 6.92 Å². The van der Waals surface area contributed by atoms with Crippen molar-refractivity contribution in [1.29, 1.82) is 0 Å². The van der Waals surface area contributed by atoms with E-state index in [1.807, 2.05) is 31.2 Å². The lowest BCUT2D eigenvalue weighted by molar-refractivity contribution is -0.121. The quantitative estimate of drug-likeness (QED) is 0.761. The summed E-state index contributed by atoms with van der Waals surface area (Å²) in [4.78, 5) is 11.8. The number of hydrogen-bond acceptors (Lipinski definition) is 3. The second-order valence-corrected chi connectivity index (χ2v) is 4.39. The molecule has 0 aliphatic rings. The summed E-state index contributed by atoms with van der Waals surface area (Å²) in [5.41, 5.74) is 2.16. The van der Waals surface area contributed by atoms with Crippen LogP contribution in [0.2, 0.25) is 0 Å². The topological polar surface area (TPSA) is 58.6 Å². The van der Waals surface area contributed by atoms with Crippen molar-refractivity contribution in [1.82, 2.24) is 5.32 Å². The van der Waals surface area contributed by atoms with Gasteiger partial charge in [-0.15, -0.1) is 0 Å². The molecule has 1 aromatic carbocycles. The zero-order chi connectivity index (χ0) is 13.4. The Morgan fingerprint density at radius 1 is 1.39 bits per heavy atom. The van der Waals surface area contributed by atoms with Gasteiger partial charge in [0.1, 0.15) is 0 Å². The van der Waals surface area contributed by atoms with E-state index in [4.69, 9.17) is 9.84 Å². The summed E-state index contributed by atoms with van der Waals surface area (Å²) >= 11 is 0. The lowest BCUT2D eigenvalue weighted by atomic mass is 10.1. The molecule has 0 aliphatic heterocycles. The van der Waals surface area contributed by atoms with Crippen LogP contribution in [0.15, 0.2) is 24.3 Å². The first-order chi connectivity index (χ1) is 8.65. The normalized spacial score (nSPS) is 12.2. The van der Waals surface area contributed by atoms with E-state index in [9.17, 15) is 4.79 Å². The van der Waals surface area contributed by atoms with E-state index in [1.54, 1.807) is 7.11 Å². The first-order valence-corrected chi connectivity index (χ1v) is 6.10. The number of ether oxygens (including phenoxy) is 1. The Kier molecular flexibility index (Phi) is 6.39. The molecule has 1 amide bonds. The maximum atomic E-state index is 11.8. The molecule has 0 saturated carbocycles. The van der Waals surface area contributed by atoms with Crippen molar-refractivity contribution in [3.05, 3.63) is 35.4 Å². The third kappa shape index (κ3) is 5.29. The van der Waals surface area contributed by atoms with Crippen LogP contribution in [0.4, 0.5) is 0 Å². The maximum Gasteiger partial charge on any atom is 0.224 e. The maximum absolute atomic E-state index is 11.8. The highest BCUT2D eigenvalue weighted by atomic mass is 16.5. The SMILES string of the molecule is COCC(CCO)NC(=O)Cc1ccc(C)cc1. The van der Waals surface area contributed by atoms with Crippen LogP contribution >= 0.6 is 0 Å². The van der Waals surface area contributed by atoms with Crippen LogP contribution < -0.4 is 5.32 Å². The number of benzene rings is 1. The molecule has 4 nitrogen and oxygen atoms in total. The molecule has 1 aromatic rings. The fourth-order valence-corrected chi connectivity index (χ4v) is 1.72. The van der Waals surface area contributed by atoms with Gasteiger partial charge in [-0.1, -0.05) is 29.8 Å². The average Bonchev–Trinajstić information content (AvgIpc) is 2.33. The van der Waals surface area contributed by atoms with Crippen LogP contribution in [0.1, 0.15) is 17.5 Å². The summed E-state index contributed by atoms with van der Waals surface area (Å²) in [5.74, 6) is -0.0469. The molecule has 0 aromatic heterocycles. The van der Waals surface area contributed by atoms with Gasteiger partial charge in [0, 0.05) is 13.7 Å². The molecule has 1 unspecified atom stereocenters. The molecule has 2 N–H and O–H groups in total. The van der Waals surface area contributed by atoms with E-state index in [0.717, 1.165) is 5.56 Å². The molecule has 0 fully saturated rings. The van der Waals surface area contributed by atoms with Gasteiger partial charge in [-0.25, -0.2) is 0 Å². The molecule has 0 bridgehead atoms. The monoisotopic (exact) mass is 251 g/mol. The Hall–Kier alpha value is -1.39. The van der Waals surface area contributed by atoms with Crippen molar-refractivity contribution in [3.8, 4) is 0 Å². The zero-order valence-electron chi connectivity index (χ0n) is 11.0. The number of methoxy groups -OCH3 is 1. The molecule has 0 radical (unpaired) electrons. The van der Waals surface area contributed by atoms with Crippen molar-refractivity contribution < 1.29 is 14.6 Å². The van der Waals surface area contributed by atoms with Gasteiger partial charge in [0.2, 0.25) is 5.91 Å². The predicted octanol–water partition coefficient (Wildman–Crippen LogP) is 1.05. The van der Waals surface area contributed by atoms with Gasteiger partial charge >= 0.3 is 0 Å². The number of amides is 1. The Bertz CT molecular complexity index is 356. The molecule has 0 aliphatic carbocycles. The third-order valence-electron chi connectivity index (χ3n) is 2.70. The van der Waals surface area contributed by atoms with Crippen LogP contribution in [0.5, 0.6) is 0 Å². The molecule has 18 heavy (non-hydrogen) atoms. The summed E-state index contributed by atoms with van der Waals surface area (Å²) in [7, 11) is 1.58. The number of aliphatic hydroxyl groups excluding tert-OH is 1. The molecular formula is C14H21NO3. The molecule has 0 heterocycles. The fourth-order valence-electron chi connectivity index (χ4n) is 1.72. The van der Waals surface area contributed by atoms with Gasteiger partial charge in [-0.3, -0.25) is 4.79 Å². The minimum atomic E-state index is -0.127. The molecule has 4 heteroatoms. The van der Waals surface area contributed by atoms with Gasteiger partial charge < -0.3 is 15.2 Å². The number of aliphatic hydroxyl groups is 1. The smallest absolute Gasteiger partial charge is 0.224 e. The third-order valence-corrected chi connectivity index (χ3v) is 2.70. The first kappa shape index (κ1) is 14.7. The van der Waals surface area contributed by atoms with Gasteiger partial charge in [0.15, 0.2) is 0 Å². The Labute approximate surface area is 108 Å². The van der Waals surface area contributed by atoms with Crippen molar-refractivity contribution in [2.75, 3.05) is 20.3 Å². The highest BCUT2D eigenvalue weighted by molar-refractivity contribution is 5.78. The summed E-state index contributed by atoms with van der Waals surface area (Å²) in [6.45, 7) is 2.47. The van der Waals surface area contributed by atoms with E-state index in [-0.39, 0.29) is 18.6 Å². The van der Waals surface area contributed by atoms with Gasteiger partial charge in [0.25, 0.3) is 0 Å². The van der Waals surface area contributed by atoms with E-state index >= 15 is 0 Å². The fraction of sp³-hybridized carbons (Fsp3) is 0.500. The van der Waals surface area contributed by atoms with E-state index in [1.165, 1.54) is 5.56 Å². The van der Waals surface area contributed by atoms with Crippen LogP contribution in [-0.4, -0.2) is 37.4 Å². The molecule has 0 saturated heterocycles. The minimum absolute atomic E-state index is 0.0405. The second kappa shape index (κ2) is 7.84. The molecular weight excluding hydrogens is 230 g/mol. The van der Waals surface area contributed by atoms with E-state index in [2.05, 4.69) is 5.32 Å². The second-order valence-electron chi connectivity index (χ2n) is 4.39. The number of carbonyl (C=O) groups excluding carboxylic acids is 1. The van der Waals surface area contributed by atoms with Gasteiger partial charge in [-0.2, -0.15) is 0 Å². The summed E-state index contributed by atoms with van der Waals surface area (Å²) in [6, 6.07) is 7.75. The van der Waals surface area contributed by atoms with Crippen molar-refractivity contribution in [3.63, 3.8) is 0 Å². The lowest BCUT2D eigenvalue weighted by Gasteiger charge is -2.16. The minimum Gasteiger partial charge on any atom is -0.396 e. The average molecular weight is 251 g/mol. The molecule has 100 valence electrons. The largest absolute Gasteiger partial charge is 0.396 e. The van der Waals surface area contributed by atoms with Gasteiger partial charge in [-0.05, 0) is 18.9 Å². The summed E-state index contributed by atoms with van der Waals surface area (Å²) in [5, 5.41) is 11.7. The van der Waals surface area contributed by atoms with Crippen LogP contribution in [-0.2, 0) is 16.0 Å². The number of carbonyl (C=O) groups is 1. The van der Waals surface area contributed by atoms with Crippen molar-refractivity contribution >= 4 is 5.91 Å². The highest BCUT2D eigenvalue weighted by Gasteiger charge is 2.11. The zero-order valence-corrected chi connectivity index (χ0v) is 11.0. The number of nitrogens with one attached hydrogen (secondary N) is 1.